The molecule has 0 saturated carbocycles. The molecule has 1 aromatic heterocycles. The fourth-order valence-corrected chi connectivity index (χ4v) is 6.65. The summed E-state index contributed by atoms with van der Waals surface area (Å²) in [7, 11) is 0. The highest BCUT2D eigenvalue weighted by Gasteiger charge is 2.52. The van der Waals surface area contributed by atoms with Crippen molar-refractivity contribution in [1.29, 1.82) is 0 Å². The number of rotatable bonds is 5. The number of amides is 1. The molecule has 0 radical (unpaired) electrons. The molecule has 1 amide bonds. The number of aliphatic hydroxyl groups is 1. The maximum atomic E-state index is 14.8. The van der Waals surface area contributed by atoms with Gasteiger partial charge in [-0.1, -0.05) is 51.1 Å². The van der Waals surface area contributed by atoms with Crippen LogP contribution in [0.1, 0.15) is 42.9 Å². The number of likely N-dealkylation sites (tertiary alicyclic amines) is 1. The summed E-state index contributed by atoms with van der Waals surface area (Å²) < 4.78 is 43.6. The van der Waals surface area contributed by atoms with E-state index in [-0.39, 0.29) is 18.7 Å². The van der Waals surface area contributed by atoms with Gasteiger partial charge in [-0.3, -0.25) is 4.79 Å². The summed E-state index contributed by atoms with van der Waals surface area (Å²) in [5.74, 6) is -2.20. The van der Waals surface area contributed by atoms with Crippen molar-refractivity contribution in [2.75, 3.05) is 13.1 Å². The molecule has 5 atom stereocenters. The zero-order valence-electron chi connectivity index (χ0n) is 20.9. The first-order chi connectivity index (χ1) is 17.5. The fourth-order valence-electron chi connectivity index (χ4n) is 5.51. The predicted molar refractivity (Wildman–Crippen MR) is 137 cm³/mol. The van der Waals surface area contributed by atoms with Crippen LogP contribution < -0.4 is 5.32 Å². The van der Waals surface area contributed by atoms with Crippen molar-refractivity contribution >= 4 is 17.2 Å². The average Bonchev–Trinajstić information content (AvgIpc) is 3.42. The summed E-state index contributed by atoms with van der Waals surface area (Å²) in [6.45, 7) is 6.08. The molecule has 0 spiro atoms. The Morgan fingerprint density at radius 2 is 1.92 bits per heavy atom. The van der Waals surface area contributed by atoms with Gasteiger partial charge in [0, 0.05) is 41.9 Å². The van der Waals surface area contributed by atoms with Crippen molar-refractivity contribution in [1.82, 2.24) is 15.2 Å². The van der Waals surface area contributed by atoms with Gasteiger partial charge < -0.3 is 15.3 Å². The summed E-state index contributed by atoms with van der Waals surface area (Å²) in [5, 5.41) is 14.1. The van der Waals surface area contributed by atoms with E-state index in [1.165, 1.54) is 11.3 Å². The minimum absolute atomic E-state index is 0.0482. The largest absolute Gasteiger partial charge is 0.382 e. The monoisotopic (exact) mass is 529 g/mol. The Labute approximate surface area is 218 Å². The number of fused-ring (bicyclic) bond motifs is 1. The number of aromatic nitrogens is 1. The predicted octanol–water partition coefficient (Wildman–Crippen LogP) is 4.90. The van der Waals surface area contributed by atoms with Crippen LogP contribution in [0.5, 0.6) is 0 Å². The van der Waals surface area contributed by atoms with Crippen LogP contribution in [-0.4, -0.2) is 52.3 Å². The quantitative estimate of drug-likeness (QED) is 0.494. The van der Waals surface area contributed by atoms with Gasteiger partial charge in [0.05, 0.1) is 11.7 Å². The number of benzene rings is 2. The van der Waals surface area contributed by atoms with Crippen LogP contribution in [0.2, 0.25) is 0 Å². The second-order valence-corrected chi connectivity index (χ2v) is 12.0. The lowest BCUT2D eigenvalue weighted by atomic mass is 9.79. The number of nitrogens with zero attached hydrogens (tertiary/aromatic N) is 2. The minimum atomic E-state index is -1.37. The Morgan fingerprint density at radius 3 is 2.62 bits per heavy atom. The van der Waals surface area contributed by atoms with E-state index in [0.717, 1.165) is 28.6 Å². The molecule has 37 heavy (non-hydrogen) atoms. The van der Waals surface area contributed by atoms with E-state index in [1.54, 1.807) is 4.90 Å². The van der Waals surface area contributed by atoms with Crippen molar-refractivity contribution in [2.24, 2.45) is 11.3 Å². The normalized spacial score (nSPS) is 24.8. The molecule has 5 rings (SSSR count). The second kappa shape index (κ2) is 9.85. The molecule has 2 N–H and O–H groups in total. The number of halogens is 3. The standard InChI is InChI=1S/C28H30F3N3O2S/c1-28(2,3)25(34-14-18-20(31)13-32-22(18)24(35)27(34)36)23-21(11-15-7-5-4-6-8-15)37-26(33-23)17-12-16(29)9-10-19(17)30/h4-10,12,18,20,22,24-25,32,35H,11,13-14H2,1-3H3/t18-,20-,22?,24-,25-/m0/s1. The Hall–Kier alpha value is -2.75. The molecule has 2 aliphatic heterocycles. The number of carbonyl (C=O) groups excluding carboxylic acids is 1. The first-order valence-electron chi connectivity index (χ1n) is 12.4. The number of nitrogens with one attached hydrogen (secondary N) is 1. The number of thiazole rings is 1. The third-order valence-electron chi connectivity index (χ3n) is 7.24. The molecule has 2 fully saturated rings. The molecule has 3 heterocycles. The number of alkyl halides is 1. The van der Waals surface area contributed by atoms with E-state index < -0.39 is 53.2 Å². The summed E-state index contributed by atoms with van der Waals surface area (Å²) in [5.41, 5.74) is 1.05. The van der Waals surface area contributed by atoms with E-state index in [4.69, 9.17) is 4.98 Å². The first-order valence-corrected chi connectivity index (χ1v) is 13.2. The van der Waals surface area contributed by atoms with Gasteiger partial charge in [0.1, 0.15) is 28.9 Å². The van der Waals surface area contributed by atoms with Gasteiger partial charge in [0.15, 0.2) is 0 Å². The van der Waals surface area contributed by atoms with E-state index in [2.05, 4.69) is 5.32 Å². The maximum absolute atomic E-state index is 14.8. The van der Waals surface area contributed by atoms with Gasteiger partial charge in [-0.15, -0.1) is 11.3 Å². The van der Waals surface area contributed by atoms with Crippen molar-refractivity contribution < 1.29 is 23.1 Å². The zero-order chi connectivity index (χ0) is 26.5. The minimum Gasteiger partial charge on any atom is -0.382 e. The molecule has 2 aromatic carbocycles. The molecule has 9 heteroatoms. The van der Waals surface area contributed by atoms with Gasteiger partial charge in [0.2, 0.25) is 0 Å². The van der Waals surface area contributed by atoms with Crippen molar-refractivity contribution in [3.63, 3.8) is 0 Å². The van der Waals surface area contributed by atoms with Gasteiger partial charge in [-0.25, -0.2) is 18.2 Å². The fraction of sp³-hybridized carbons (Fsp3) is 0.429. The lowest BCUT2D eigenvalue weighted by molar-refractivity contribution is -0.155. The van der Waals surface area contributed by atoms with E-state index in [9.17, 15) is 23.1 Å². The molecule has 3 aromatic rings. The number of hydrogen-bond donors (Lipinski definition) is 2. The molecular formula is C28H30F3N3O2S. The molecule has 2 aliphatic rings. The molecular weight excluding hydrogens is 499 g/mol. The van der Waals surface area contributed by atoms with Crippen LogP contribution in [0.3, 0.4) is 0 Å². The number of piperidine rings is 1. The van der Waals surface area contributed by atoms with Crippen molar-refractivity contribution in [3.05, 3.63) is 76.3 Å². The molecule has 2 saturated heterocycles. The zero-order valence-corrected chi connectivity index (χ0v) is 21.7. The average molecular weight is 530 g/mol. The van der Waals surface area contributed by atoms with Crippen molar-refractivity contribution in [2.45, 2.75) is 51.6 Å². The smallest absolute Gasteiger partial charge is 0.253 e. The third kappa shape index (κ3) is 4.92. The molecule has 1 unspecified atom stereocenters. The number of carbonyl (C=O) groups is 1. The van der Waals surface area contributed by atoms with Crippen LogP contribution in [-0.2, 0) is 11.2 Å². The summed E-state index contributed by atoms with van der Waals surface area (Å²) in [4.78, 5) is 20.6. The van der Waals surface area contributed by atoms with Crippen LogP contribution in [0, 0.1) is 23.0 Å². The highest BCUT2D eigenvalue weighted by atomic mass is 32.1. The molecule has 0 aliphatic carbocycles. The molecule has 196 valence electrons. The Bertz CT molecular complexity index is 1290. The topological polar surface area (TPSA) is 65.5 Å². The van der Waals surface area contributed by atoms with Gasteiger partial charge in [-0.2, -0.15) is 0 Å². The Balaban J connectivity index is 1.64. The summed E-state index contributed by atoms with van der Waals surface area (Å²) in [6, 6.07) is 11.7. The van der Waals surface area contributed by atoms with Gasteiger partial charge in [-0.05, 0) is 29.2 Å². The maximum Gasteiger partial charge on any atom is 0.253 e. The van der Waals surface area contributed by atoms with Crippen LogP contribution >= 0.6 is 11.3 Å². The van der Waals surface area contributed by atoms with Crippen LogP contribution in [0.25, 0.3) is 10.6 Å². The molecule has 5 nitrogen and oxygen atoms in total. The van der Waals surface area contributed by atoms with Crippen LogP contribution in [0.15, 0.2) is 48.5 Å². The lowest BCUT2D eigenvalue weighted by Crippen LogP contribution is -2.60. The SMILES string of the molecule is CC(C)(C)[C@H](c1nc(-c2cc(F)ccc2F)sc1Cc1ccccc1)N1C[C@@H]2C(NC[C@@H]2F)[C@H](O)C1=O. The number of aliphatic hydroxyl groups excluding tert-OH is 1. The van der Waals surface area contributed by atoms with Crippen molar-refractivity contribution in [3.8, 4) is 10.6 Å². The van der Waals surface area contributed by atoms with E-state index in [0.29, 0.717) is 17.1 Å². The summed E-state index contributed by atoms with van der Waals surface area (Å²) in [6.07, 6.45) is -2.09. The first kappa shape index (κ1) is 25.9. The third-order valence-corrected chi connectivity index (χ3v) is 8.35. The number of hydrogen-bond acceptors (Lipinski definition) is 5. The molecule has 0 bridgehead atoms. The highest BCUT2D eigenvalue weighted by Crippen LogP contribution is 2.45. The highest BCUT2D eigenvalue weighted by molar-refractivity contribution is 7.15. The van der Waals surface area contributed by atoms with Crippen LogP contribution in [0.4, 0.5) is 13.2 Å². The lowest BCUT2D eigenvalue weighted by Gasteiger charge is -2.46. The van der Waals surface area contributed by atoms with E-state index in [1.807, 2.05) is 51.1 Å². The summed E-state index contributed by atoms with van der Waals surface area (Å²) >= 11 is 1.26. The Morgan fingerprint density at radius 1 is 1.19 bits per heavy atom. The van der Waals surface area contributed by atoms with E-state index >= 15 is 0 Å². The van der Waals surface area contributed by atoms with Gasteiger partial charge in [0.25, 0.3) is 5.91 Å². The second-order valence-electron chi connectivity index (χ2n) is 10.9. The Kier molecular flexibility index (Phi) is 6.89. The van der Waals surface area contributed by atoms with Gasteiger partial charge >= 0.3 is 0 Å².